The molecule has 0 aliphatic heterocycles. The number of carboxylic acid groups (broad SMARTS) is 1. The van der Waals surface area contributed by atoms with Gasteiger partial charge in [-0.05, 0) is 19.8 Å². The van der Waals surface area contributed by atoms with E-state index >= 15 is 0 Å². The molecular formula is C14H27N3O4. The lowest BCUT2D eigenvalue weighted by molar-refractivity contribution is -0.143. The molecule has 0 bridgehead atoms. The number of urea groups is 1. The molecule has 7 heteroatoms. The Balaban J connectivity index is 4.01. The summed E-state index contributed by atoms with van der Waals surface area (Å²) in [6.45, 7) is 9.00. The summed E-state index contributed by atoms with van der Waals surface area (Å²) in [6, 6.07) is -0.450. The van der Waals surface area contributed by atoms with Crippen LogP contribution in [0.25, 0.3) is 0 Å². The predicted octanol–water partition coefficient (Wildman–Crippen LogP) is 0.901. The van der Waals surface area contributed by atoms with Crippen LogP contribution in [0.1, 0.15) is 34.1 Å². The summed E-state index contributed by atoms with van der Waals surface area (Å²) < 4.78 is 0. The summed E-state index contributed by atoms with van der Waals surface area (Å²) in [5.74, 6) is -1.62. The second kappa shape index (κ2) is 10.0. The average Bonchev–Trinajstić information content (AvgIpc) is 2.39. The number of amides is 3. The van der Waals surface area contributed by atoms with Crippen molar-refractivity contribution in [1.82, 2.24) is 15.5 Å². The number of nitrogens with one attached hydrogen (secondary N) is 2. The van der Waals surface area contributed by atoms with Crippen LogP contribution in [0.4, 0.5) is 4.79 Å². The minimum absolute atomic E-state index is 0.00843. The van der Waals surface area contributed by atoms with Crippen LogP contribution in [0.3, 0.4) is 0 Å². The summed E-state index contributed by atoms with van der Waals surface area (Å²) in [5.41, 5.74) is 0. The van der Waals surface area contributed by atoms with Gasteiger partial charge in [0, 0.05) is 32.6 Å². The maximum Gasteiger partial charge on any atom is 0.314 e. The Labute approximate surface area is 126 Å². The van der Waals surface area contributed by atoms with Crippen LogP contribution in [0.2, 0.25) is 0 Å². The summed E-state index contributed by atoms with van der Waals surface area (Å²) in [7, 11) is 0. The molecule has 1 unspecified atom stereocenters. The molecule has 0 aliphatic carbocycles. The first kappa shape index (κ1) is 19.2. The molecule has 3 N–H and O–H groups in total. The van der Waals surface area contributed by atoms with Gasteiger partial charge in [0.05, 0.1) is 5.92 Å². The molecule has 122 valence electrons. The number of rotatable bonds is 9. The molecular weight excluding hydrogens is 274 g/mol. The molecule has 0 saturated heterocycles. The zero-order valence-electron chi connectivity index (χ0n) is 13.3. The number of hydrogen-bond donors (Lipinski definition) is 3. The lowest BCUT2D eigenvalue weighted by Crippen LogP contribution is -2.42. The second-order valence-corrected chi connectivity index (χ2v) is 5.14. The quantitative estimate of drug-likeness (QED) is 0.589. The number of carboxylic acids is 1. The summed E-state index contributed by atoms with van der Waals surface area (Å²) >= 11 is 0. The van der Waals surface area contributed by atoms with Gasteiger partial charge in [-0.3, -0.25) is 9.59 Å². The Bertz CT molecular complexity index is 354. The molecule has 0 rings (SSSR count). The van der Waals surface area contributed by atoms with Crippen LogP contribution < -0.4 is 10.6 Å². The summed E-state index contributed by atoms with van der Waals surface area (Å²) in [6.07, 6.45) is 0.238. The Morgan fingerprint density at radius 2 is 1.67 bits per heavy atom. The van der Waals surface area contributed by atoms with Crippen molar-refractivity contribution >= 4 is 17.9 Å². The molecule has 0 aromatic carbocycles. The van der Waals surface area contributed by atoms with Gasteiger partial charge < -0.3 is 20.6 Å². The van der Waals surface area contributed by atoms with Crippen LogP contribution in [-0.2, 0) is 9.59 Å². The smallest absolute Gasteiger partial charge is 0.314 e. The number of aliphatic carboxylic acids is 1. The first-order chi connectivity index (χ1) is 9.83. The van der Waals surface area contributed by atoms with E-state index in [1.165, 1.54) is 0 Å². The van der Waals surface area contributed by atoms with E-state index in [-0.39, 0.29) is 31.3 Å². The van der Waals surface area contributed by atoms with Gasteiger partial charge in [-0.15, -0.1) is 0 Å². The van der Waals surface area contributed by atoms with Gasteiger partial charge in [0.1, 0.15) is 0 Å². The molecule has 0 aromatic heterocycles. The van der Waals surface area contributed by atoms with E-state index in [0.29, 0.717) is 13.1 Å². The topological polar surface area (TPSA) is 98.7 Å². The van der Waals surface area contributed by atoms with E-state index in [0.717, 1.165) is 0 Å². The number of nitrogens with zero attached hydrogens (tertiary/aromatic N) is 1. The predicted molar refractivity (Wildman–Crippen MR) is 79.9 cm³/mol. The van der Waals surface area contributed by atoms with Crippen molar-refractivity contribution in [3.8, 4) is 0 Å². The van der Waals surface area contributed by atoms with Crippen LogP contribution in [0.15, 0.2) is 0 Å². The molecule has 0 fully saturated rings. The fraction of sp³-hybridized carbons (Fsp3) is 0.786. The maximum atomic E-state index is 11.7. The largest absolute Gasteiger partial charge is 0.481 e. The molecule has 0 radical (unpaired) electrons. The lowest BCUT2D eigenvalue weighted by Gasteiger charge is -2.19. The SMILES string of the molecule is CCN(CC)C(=O)CCNC(=O)NCC(C(=O)O)C(C)C. The molecule has 0 aliphatic rings. The Morgan fingerprint density at radius 3 is 2.10 bits per heavy atom. The van der Waals surface area contributed by atoms with Gasteiger partial charge >= 0.3 is 12.0 Å². The van der Waals surface area contributed by atoms with E-state index in [2.05, 4.69) is 10.6 Å². The highest BCUT2D eigenvalue weighted by Gasteiger charge is 2.21. The minimum atomic E-state index is -0.929. The van der Waals surface area contributed by atoms with E-state index in [9.17, 15) is 14.4 Å². The third-order valence-corrected chi connectivity index (χ3v) is 3.35. The molecule has 0 aromatic rings. The van der Waals surface area contributed by atoms with E-state index in [1.807, 2.05) is 13.8 Å². The van der Waals surface area contributed by atoms with Gasteiger partial charge in [0.2, 0.25) is 5.91 Å². The average molecular weight is 301 g/mol. The van der Waals surface area contributed by atoms with Crippen molar-refractivity contribution in [3.63, 3.8) is 0 Å². The maximum absolute atomic E-state index is 11.7. The zero-order chi connectivity index (χ0) is 16.4. The first-order valence-corrected chi connectivity index (χ1v) is 7.35. The molecule has 21 heavy (non-hydrogen) atoms. The summed E-state index contributed by atoms with van der Waals surface area (Å²) in [4.78, 5) is 35.9. The summed E-state index contributed by atoms with van der Waals surface area (Å²) in [5, 5.41) is 14.1. The van der Waals surface area contributed by atoms with Gasteiger partial charge in [-0.2, -0.15) is 0 Å². The van der Waals surface area contributed by atoms with Crippen LogP contribution in [0, 0.1) is 11.8 Å². The molecule has 1 atom stereocenters. The molecule has 0 heterocycles. The Hall–Kier alpha value is -1.79. The van der Waals surface area contributed by atoms with E-state index in [1.54, 1.807) is 18.7 Å². The number of hydrogen-bond acceptors (Lipinski definition) is 3. The highest BCUT2D eigenvalue weighted by molar-refractivity contribution is 5.78. The van der Waals surface area contributed by atoms with Gasteiger partial charge in [0.25, 0.3) is 0 Å². The third kappa shape index (κ3) is 7.53. The van der Waals surface area contributed by atoms with Gasteiger partial charge in [0.15, 0.2) is 0 Å². The Morgan fingerprint density at radius 1 is 1.10 bits per heavy atom. The first-order valence-electron chi connectivity index (χ1n) is 7.35. The number of carbonyl (C=O) groups is 3. The molecule has 0 spiro atoms. The van der Waals surface area contributed by atoms with Crippen molar-refractivity contribution in [2.75, 3.05) is 26.2 Å². The zero-order valence-corrected chi connectivity index (χ0v) is 13.3. The van der Waals surface area contributed by atoms with Crippen molar-refractivity contribution in [2.45, 2.75) is 34.1 Å². The fourth-order valence-electron chi connectivity index (χ4n) is 1.89. The van der Waals surface area contributed by atoms with E-state index < -0.39 is 17.9 Å². The van der Waals surface area contributed by atoms with Crippen molar-refractivity contribution in [2.24, 2.45) is 11.8 Å². The molecule has 0 saturated carbocycles. The normalized spacial score (nSPS) is 11.9. The fourth-order valence-corrected chi connectivity index (χ4v) is 1.89. The highest BCUT2D eigenvalue weighted by atomic mass is 16.4. The van der Waals surface area contributed by atoms with Crippen molar-refractivity contribution < 1.29 is 19.5 Å². The second-order valence-electron chi connectivity index (χ2n) is 5.14. The minimum Gasteiger partial charge on any atom is -0.481 e. The Kier molecular flexibility index (Phi) is 9.16. The van der Waals surface area contributed by atoms with Crippen LogP contribution in [0.5, 0.6) is 0 Å². The van der Waals surface area contributed by atoms with E-state index in [4.69, 9.17) is 5.11 Å². The lowest BCUT2D eigenvalue weighted by atomic mass is 9.96. The number of carbonyl (C=O) groups excluding carboxylic acids is 2. The third-order valence-electron chi connectivity index (χ3n) is 3.35. The van der Waals surface area contributed by atoms with Crippen molar-refractivity contribution in [3.05, 3.63) is 0 Å². The monoisotopic (exact) mass is 301 g/mol. The van der Waals surface area contributed by atoms with Gasteiger partial charge in [-0.25, -0.2) is 4.79 Å². The van der Waals surface area contributed by atoms with Crippen molar-refractivity contribution in [1.29, 1.82) is 0 Å². The molecule has 7 nitrogen and oxygen atoms in total. The highest BCUT2D eigenvalue weighted by Crippen LogP contribution is 2.09. The molecule has 3 amide bonds. The van der Waals surface area contributed by atoms with Gasteiger partial charge in [-0.1, -0.05) is 13.8 Å². The standard InChI is InChI=1S/C14H27N3O4/c1-5-17(6-2)12(18)7-8-15-14(21)16-9-11(10(3)4)13(19)20/h10-11H,5-9H2,1-4H3,(H,19,20)(H2,15,16,21). The van der Waals surface area contributed by atoms with Crippen LogP contribution in [-0.4, -0.2) is 54.1 Å². The van der Waals surface area contributed by atoms with Crippen LogP contribution >= 0.6 is 0 Å².